The fourth-order valence-corrected chi connectivity index (χ4v) is 2.21. The van der Waals surface area contributed by atoms with Gasteiger partial charge in [0.1, 0.15) is 6.07 Å². The van der Waals surface area contributed by atoms with Crippen LogP contribution in [0.2, 0.25) is 0 Å². The van der Waals surface area contributed by atoms with Crippen LogP contribution in [0.4, 0.5) is 0 Å². The largest absolute Gasteiger partial charge is 0.256 e. The molecule has 0 aromatic carbocycles. The molecule has 0 fully saturated rings. The fourth-order valence-electron chi connectivity index (χ4n) is 1.35. The summed E-state index contributed by atoms with van der Waals surface area (Å²) in [7, 11) is 0. The Balaban J connectivity index is 2.43. The van der Waals surface area contributed by atoms with Gasteiger partial charge in [-0.2, -0.15) is 5.26 Å². The maximum atomic E-state index is 9.12. The molecule has 2 rings (SSSR count). The minimum atomic E-state index is 0.603. The monoisotopic (exact) mass is 226 g/mol. The van der Waals surface area contributed by atoms with E-state index in [4.69, 9.17) is 5.26 Å². The summed E-state index contributed by atoms with van der Waals surface area (Å²) >= 11 is 1.63. The van der Waals surface area contributed by atoms with E-state index in [1.807, 2.05) is 42.6 Å². The van der Waals surface area contributed by atoms with Crippen molar-refractivity contribution in [3.05, 3.63) is 52.0 Å². The van der Waals surface area contributed by atoms with Crippen molar-refractivity contribution in [2.45, 2.75) is 6.92 Å². The molecule has 2 aromatic heterocycles. The van der Waals surface area contributed by atoms with Gasteiger partial charge in [-0.25, -0.2) is 0 Å². The van der Waals surface area contributed by atoms with Crippen molar-refractivity contribution in [3.63, 3.8) is 0 Å². The van der Waals surface area contributed by atoms with Gasteiger partial charge in [0, 0.05) is 11.1 Å². The molecule has 16 heavy (non-hydrogen) atoms. The van der Waals surface area contributed by atoms with E-state index in [9.17, 15) is 0 Å². The van der Waals surface area contributed by atoms with Gasteiger partial charge in [0.2, 0.25) is 0 Å². The Hall–Kier alpha value is -1.92. The van der Waals surface area contributed by atoms with Crippen molar-refractivity contribution in [2.24, 2.45) is 0 Å². The number of aryl methyl sites for hydroxylation is 1. The molecule has 3 heteroatoms. The van der Waals surface area contributed by atoms with Crippen LogP contribution in [-0.2, 0) is 0 Å². The molecule has 0 radical (unpaired) electrons. The van der Waals surface area contributed by atoms with Gasteiger partial charge in [0.25, 0.3) is 0 Å². The van der Waals surface area contributed by atoms with E-state index in [-0.39, 0.29) is 0 Å². The zero-order chi connectivity index (χ0) is 11.4. The molecule has 78 valence electrons. The number of hydrogen-bond acceptors (Lipinski definition) is 3. The lowest BCUT2D eigenvalue weighted by molar-refractivity contribution is 1.28. The Bertz CT molecular complexity index is 547. The number of nitriles is 1. The van der Waals surface area contributed by atoms with Crippen molar-refractivity contribution in [2.75, 3.05) is 0 Å². The first kappa shape index (κ1) is 10.6. The molecule has 0 aliphatic rings. The summed E-state index contributed by atoms with van der Waals surface area (Å²) in [6.07, 6.45) is 3.59. The number of hydrogen-bond donors (Lipinski definition) is 0. The van der Waals surface area contributed by atoms with E-state index in [0.717, 1.165) is 10.6 Å². The van der Waals surface area contributed by atoms with Crippen molar-refractivity contribution < 1.29 is 0 Å². The second kappa shape index (κ2) is 4.73. The summed E-state index contributed by atoms with van der Waals surface area (Å²) in [6, 6.07) is 9.81. The van der Waals surface area contributed by atoms with Crippen LogP contribution in [0.25, 0.3) is 11.6 Å². The third-order valence-corrected chi connectivity index (χ3v) is 3.20. The van der Waals surface area contributed by atoms with Crippen molar-refractivity contribution in [3.8, 4) is 6.07 Å². The number of nitrogens with zero attached hydrogens (tertiary/aromatic N) is 2. The minimum Gasteiger partial charge on any atom is -0.256 e. The van der Waals surface area contributed by atoms with Crippen molar-refractivity contribution in [1.29, 1.82) is 5.26 Å². The number of aromatic nitrogens is 1. The van der Waals surface area contributed by atoms with Gasteiger partial charge in [-0.3, -0.25) is 4.98 Å². The molecule has 0 spiro atoms. The van der Waals surface area contributed by atoms with Gasteiger partial charge >= 0.3 is 0 Å². The Morgan fingerprint density at radius 3 is 2.88 bits per heavy atom. The number of rotatable bonds is 2. The lowest BCUT2D eigenvalue weighted by atomic mass is 10.1. The number of allylic oxidation sites excluding steroid dienone is 1. The highest BCUT2D eigenvalue weighted by atomic mass is 32.1. The van der Waals surface area contributed by atoms with Gasteiger partial charge in [-0.1, -0.05) is 6.07 Å². The van der Waals surface area contributed by atoms with E-state index in [2.05, 4.69) is 11.1 Å². The van der Waals surface area contributed by atoms with Crippen LogP contribution >= 0.6 is 11.3 Å². The van der Waals surface area contributed by atoms with Gasteiger partial charge in [0.15, 0.2) is 0 Å². The molecule has 0 N–H and O–H groups in total. The molecule has 0 aliphatic carbocycles. The Kier molecular flexibility index (Phi) is 3.13. The first-order chi connectivity index (χ1) is 7.81. The van der Waals surface area contributed by atoms with Crippen LogP contribution in [0.3, 0.4) is 0 Å². The topological polar surface area (TPSA) is 36.7 Å². The maximum absolute atomic E-state index is 9.12. The third kappa shape index (κ3) is 2.18. The van der Waals surface area contributed by atoms with Gasteiger partial charge < -0.3 is 0 Å². The molecule has 0 bridgehead atoms. The maximum Gasteiger partial charge on any atom is 0.101 e. The SMILES string of the molecule is Cc1ccsc1C=C(C#N)c1ccccn1. The predicted molar refractivity (Wildman–Crippen MR) is 66.8 cm³/mol. The molecular weight excluding hydrogens is 216 g/mol. The Morgan fingerprint density at radius 2 is 2.31 bits per heavy atom. The molecule has 2 nitrogen and oxygen atoms in total. The molecule has 0 amide bonds. The lowest BCUT2D eigenvalue weighted by Crippen LogP contribution is -1.85. The Labute approximate surface area is 98.5 Å². The average molecular weight is 226 g/mol. The van der Waals surface area contributed by atoms with Crippen molar-refractivity contribution in [1.82, 2.24) is 4.98 Å². The van der Waals surface area contributed by atoms with Crippen LogP contribution in [0.15, 0.2) is 35.8 Å². The quantitative estimate of drug-likeness (QED) is 0.735. The van der Waals surface area contributed by atoms with Gasteiger partial charge in [-0.05, 0) is 42.1 Å². The Morgan fingerprint density at radius 1 is 1.44 bits per heavy atom. The van der Waals surface area contributed by atoms with Crippen LogP contribution < -0.4 is 0 Å². The summed E-state index contributed by atoms with van der Waals surface area (Å²) in [6.45, 7) is 2.04. The van der Waals surface area contributed by atoms with Crippen LogP contribution in [-0.4, -0.2) is 4.98 Å². The lowest BCUT2D eigenvalue weighted by Gasteiger charge is -1.97. The second-order valence-corrected chi connectivity index (χ2v) is 4.30. The van der Waals surface area contributed by atoms with Crippen LogP contribution in [0, 0.1) is 18.3 Å². The normalized spacial score (nSPS) is 11.1. The molecular formula is C13H10N2S. The van der Waals surface area contributed by atoms with E-state index in [1.165, 1.54) is 5.56 Å². The van der Waals surface area contributed by atoms with E-state index >= 15 is 0 Å². The highest BCUT2D eigenvalue weighted by Gasteiger charge is 2.03. The van der Waals surface area contributed by atoms with E-state index < -0.39 is 0 Å². The minimum absolute atomic E-state index is 0.603. The molecule has 2 aromatic rings. The standard InChI is InChI=1S/C13H10N2S/c1-10-5-7-16-13(10)8-11(9-14)12-4-2-3-6-15-12/h2-8H,1H3. The van der Waals surface area contributed by atoms with Crippen LogP contribution in [0.1, 0.15) is 16.1 Å². The zero-order valence-corrected chi connectivity index (χ0v) is 9.66. The molecule has 2 heterocycles. The molecule has 0 saturated carbocycles. The highest BCUT2D eigenvalue weighted by molar-refractivity contribution is 7.11. The predicted octanol–water partition coefficient (Wildman–Crippen LogP) is 3.52. The first-order valence-electron chi connectivity index (χ1n) is 4.88. The van der Waals surface area contributed by atoms with Gasteiger partial charge in [-0.15, -0.1) is 11.3 Å². The smallest absolute Gasteiger partial charge is 0.101 e. The highest BCUT2D eigenvalue weighted by Crippen LogP contribution is 2.22. The molecule has 0 saturated heterocycles. The third-order valence-electron chi connectivity index (χ3n) is 2.24. The number of pyridine rings is 1. The van der Waals surface area contributed by atoms with Crippen molar-refractivity contribution >= 4 is 23.0 Å². The summed E-state index contributed by atoms with van der Waals surface area (Å²) in [5.74, 6) is 0. The summed E-state index contributed by atoms with van der Waals surface area (Å²) in [5.41, 5.74) is 2.51. The first-order valence-corrected chi connectivity index (χ1v) is 5.76. The summed E-state index contributed by atoms with van der Waals surface area (Å²) < 4.78 is 0. The van der Waals surface area contributed by atoms with E-state index in [0.29, 0.717) is 5.57 Å². The molecule has 0 atom stereocenters. The van der Waals surface area contributed by atoms with Gasteiger partial charge in [0.05, 0.1) is 11.3 Å². The van der Waals surface area contributed by atoms with Crippen LogP contribution in [0.5, 0.6) is 0 Å². The average Bonchev–Trinajstić information content (AvgIpc) is 2.73. The second-order valence-electron chi connectivity index (χ2n) is 3.35. The number of thiophene rings is 1. The van der Waals surface area contributed by atoms with E-state index in [1.54, 1.807) is 17.5 Å². The molecule has 0 aliphatic heterocycles. The fraction of sp³-hybridized carbons (Fsp3) is 0.0769. The summed E-state index contributed by atoms with van der Waals surface area (Å²) in [4.78, 5) is 5.29. The summed E-state index contributed by atoms with van der Waals surface area (Å²) in [5, 5.41) is 11.1. The zero-order valence-electron chi connectivity index (χ0n) is 8.84. The molecule has 0 unspecified atom stereocenters.